The molecule has 1 atom stereocenters. The lowest BCUT2D eigenvalue weighted by Gasteiger charge is -2.39. The number of hydrogen-bond acceptors (Lipinski definition) is 8. The number of pyridine rings is 1. The number of aromatic amines is 1. The van der Waals surface area contributed by atoms with Gasteiger partial charge in [-0.2, -0.15) is 13.2 Å². The van der Waals surface area contributed by atoms with E-state index in [0.29, 0.717) is 67.7 Å². The van der Waals surface area contributed by atoms with Crippen molar-refractivity contribution in [2.45, 2.75) is 19.1 Å². The molecule has 2 aliphatic rings. The molecule has 14 heteroatoms. The Balaban J connectivity index is 1.54. The molecule has 0 spiro atoms. The number of nitrogens with one attached hydrogen (secondary N) is 2. The van der Waals surface area contributed by atoms with Crippen LogP contribution >= 0.6 is 11.3 Å². The van der Waals surface area contributed by atoms with Crippen molar-refractivity contribution in [3.8, 4) is 10.4 Å². The minimum absolute atomic E-state index is 0.119. The summed E-state index contributed by atoms with van der Waals surface area (Å²) in [7, 11) is 1.97. The van der Waals surface area contributed by atoms with Crippen LogP contribution in [0, 0.1) is 5.82 Å². The smallest absolute Gasteiger partial charge is 0.378 e. The number of amides is 1. The van der Waals surface area contributed by atoms with Crippen molar-refractivity contribution < 1.29 is 27.1 Å². The summed E-state index contributed by atoms with van der Waals surface area (Å²) in [6.45, 7) is 6.15. The second kappa shape index (κ2) is 11.2. The fourth-order valence-corrected chi connectivity index (χ4v) is 5.74. The van der Waals surface area contributed by atoms with Crippen LogP contribution in [0.15, 0.2) is 35.4 Å². The molecule has 1 amide bonds. The number of ether oxygens (including phenoxy) is 1. The Labute approximate surface area is 231 Å². The lowest BCUT2D eigenvalue weighted by atomic mass is 10.1. The standard InChI is InChI=1S/C26H28F4N6O3S/c1-15-14-36(4-3-34(15)2)21-11-19(27)16(22-13-32-25(40-22)35-5-7-39-8-6-35)9-20(21)33-24(38)17-12-31-23(37)10-18(17)26(28,29)30/h9-13,15H,3-8,14H2,1-2H3,(H,31,37)(H,33,38). The Kier molecular flexibility index (Phi) is 7.84. The highest BCUT2D eigenvalue weighted by Crippen LogP contribution is 2.39. The monoisotopic (exact) mass is 580 g/mol. The molecule has 9 nitrogen and oxygen atoms in total. The van der Waals surface area contributed by atoms with E-state index >= 15 is 4.39 Å². The molecule has 2 aromatic heterocycles. The molecule has 0 saturated carbocycles. The molecule has 1 unspecified atom stereocenters. The van der Waals surface area contributed by atoms with Crippen LogP contribution in [0.4, 0.5) is 34.1 Å². The first kappa shape index (κ1) is 28.1. The molecule has 40 heavy (non-hydrogen) atoms. The van der Waals surface area contributed by atoms with Gasteiger partial charge in [0.2, 0.25) is 5.56 Å². The minimum Gasteiger partial charge on any atom is -0.378 e. The van der Waals surface area contributed by atoms with Gasteiger partial charge in [-0.3, -0.25) is 9.59 Å². The van der Waals surface area contributed by atoms with Gasteiger partial charge in [0.15, 0.2) is 5.13 Å². The van der Waals surface area contributed by atoms with Gasteiger partial charge in [-0.05, 0) is 26.1 Å². The molecule has 2 aliphatic heterocycles. The number of benzene rings is 1. The molecule has 0 bridgehead atoms. The number of hydrogen-bond donors (Lipinski definition) is 2. The van der Waals surface area contributed by atoms with Gasteiger partial charge >= 0.3 is 6.18 Å². The molecule has 0 radical (unpaired) electrons. The van der Waals surface area contributed by atoms with Crippen LogP contribution in [-0.2, 0) is 10.9 Å². The summed E-state index contributed by atoms with van der Waals surface area (Å²) in [6, 6.07) is 3.20. The number of carbonyl (C=O) groups excluding carboxylic acids is 1. The predicted molar refractivity (Wildman–Crippen MR) is 145 cm³/mol. The lowest BCUT2D eigenvalue weighted by Crippen LogP contribution is -2.50. The molecule has 2 fully saturated rings. The molecule has 5 rings (SSSR count). The third kappa shape index (κ3) is 5.83. The topological polar surface area (TPSA) is 93.8 Å². The number of H-pyrrole nitrogens is 1. The van der Waals surface area contributed by atoms with E-state index in [1.807, 2.05) is 23.8 Å². The van der Waals surface area contributed by atoms with Crippen molar-refractivity contribution in [3.63, 3.8) is 0 Å². The summed E-state index contributed by atoms with van der Waals surface area (Å²) in [5.41, 5.74) is -2.42. The number of carbonyl (C=O) groups is 1. The number of likely N-dealkylation sites (N-methyl/N-ethyl adjacent to an activating group) is 1. The van der Waals surface area contributed by atoms with E-state index in [1.54, 1.807) is 6.20 Å². The van der Waals surface area contributed by atoms with Crippen LogP contribution in [0.5, 0.6) is 0 Å². The Morgan fingerprint density at radius 3 is 2.60 bits per heavy atom. The summed E-state index contributed by atoms with van der Waals surface area (Å²) in [6.07, 6.45) is -2.65. The first-order valence-corrected chi connectivity index (χ1v) is 13.5. The first-order chi connectivity index (χ1) is 19.0. The van der Waals surface area contributed by atoms with Crippen LogP contribution in [0.3, 0.4) is 0 Å². The Hall–Kier alpha value is -3.49. The third-order valence-corrected chi connectivity index (χ3v) is 8.24. The SMILES string of the molecule is CC1CN(c2cc(F)c(-c3cnc(N4CCOCC4)s3)cc2NC(=O)c2c[nH]c(=O)cc2C(F)(F)F)CCN1C. The van der Waals surface area contributed by atoms with Crippen LogP contribution in [0.2, 0.25) is 0 Å². The fourth-order valence-electron chi connectivity index (χ4n) is 4.75. The maximum atomic E-state index is 15.6. The number of alkyl halides is 3. The zero-order chi connectivity index (χ0) is 28.6. The number of rotatable bonds is 5. The quantitative estimate of drug-likeness (QED) is 0.443. The van der Waals surface area contributed by atoms with Gasteiger partial charge in [0.05, 0.1) is 40.6 Å². The highest BCUT2D eigenvalue weighted by molar-refractivity contribution is 7.18. The van der Waals surface area contributed by atoms with E-state index in [1.165, 1.54) is 23.5 Å². The van der Waals surface area contributed by atoms with Crippen LogP contribution in [0.25, 0.3) is 10.4 Å². The van der Waals surface area contributed by atoms with Gasteiger partial charge in [0.25, 0.3) is 5.91 Å². The van der Waals surface area contributed by atoms with E-state index in [2.05, 4.69) is 20.2 Å². The van der Waals surface area contributed by atoms with Gasteiger partial charge in [-0.1, -0.05) is 11.3 Å². The number of anilines is 3. The van der Waals surface area contributed by atoms with E-state index in [-0.39, 0.29) is 17.3 Å². The van der Waals surface area contributed by atoms with E-state index in [4.69, 9.17) is 4.74 Å². The molecule has 1 aromatic carbocycles. The number of piperazine rings is 1. The van der Waals surface area contributed by atoms with Crippen LogP contribution in [-0.4, -0.2) is 79.8 Å². The molecule has 3 aromatic rings. The summed E-state index contributed by atoms with van der Waals surface area (Å²) in [5.74, 6) is -1.63. The van der Waals surface area contributed by atoms with E-state index < -0.39 is 34.6 Å². The molecular weight excluding hydrogens is 552 g/mol. The highest BCUT2D eigenvalue weighted by Gasteiger charge is 2.36. The number of morpholine rings is 1. The Morgan fingerprint density at radius 1 is 1.15 bits per heavy atom. The van der Waals surface area contributed by atoms with E-state index in [0.717, 1.165) is 6.20 Å². The summed E-state index contributed by atoms with van der Waals surface area (Å²) < 4.78 is 62.0. The second-order valence-electron chi connectivity index (χ2n) is 9.81. The average Bonchev–Trinajstić information content (AvgIpc) is 3.41. The molecule has 2 N–H and O–H groups in total. The molecular formula is C26H28F4N6O3S. The molecule has 0 aliphatic carbocycles. The maximum absolute atomic E-state index is 15.6. The molecule has 4 heterocycles. The Bertz CT molecular complexity index is 1450. The minimum atomic E-state index is -4.93. The predicted octanol–water partition coefficient (Wildman–Crippen LogP) is 3.89. The summed E-state index contributed by atoms with van der Waals surface area (Å²) in [4.78, 5) is 37.9. The van der Waals surface area contributed by atoms with E-state index in [9.17, 15) is 22.8 Å². The highest BCUT2D eigenvalue weighted by atomic mass is 32.1. The number of aromatic nitrogens is 2. The molecule has 2 saturated heterocycles. The van der Waals surface area contributed by atoms with Crippen molar-refractivity contribution in [3.05, 3.63) is 57.9 Å². The largest absolute Gasteiger partial charge is 0.417 e. The maximum Gasteiger partial charge on any atom is 0.417 e. The van der Waals surface area contributed by atoms with Crippen molar-refractivity contribution in [1.29, 1.82) is 0 Å². The van der Waals surface area contributed by atoms with Crippen molar-refractivity contribution in [2.24, 2.45) is 0 Å². The van der Waals surface area contributed by atoms with Gasteiger partial charge < -0.3 is 29.7 Å². The zero-order valence-corrected chi connectivity index (χ0v) is 22.7. The van der Waals surface area contributed by atoms with Crippen LogP contribution < -0.4 is 20.7 Å². The van der Waals surface area contributed by atoms with Crippen LogP contribution in [0.1, 0.15) is 22.8 Å². The Morgan fingerprint density at radius 2 is 1.90 bits per heavy atom. The lowest BCUT2D eigenvalue weighted by molar-refractivity contribution is -0.138. The normalized spacial score (nSPS) is 18.7. The number of halogens is 4. The fraction of sp³-hybridized carbons (Fsp3) is 0.423. The summed E-state index contributed by atoms with van der Waals surface area (Å²) in [5, 5.41) is 3.26. The average molecular weight is 581 g/mol. The van der Waals surface area contributed by atoms with Gasteiger partial charge in [-0.25, -0.2) is 9.37 Å². The first-order valence-electron chi connectivity index (χ1n) is 12.7. The van der Waals surface area contributed by atoms with Crippen molar-refractivity contribution in [1.82, 2.24) is 14.9 Å². The van der Waals surface area contributed by atoms with Crippen molar-refractivity contribution >= 4 is 33.8 Å². The number of nitrogens with zero attached hydrogens (tertiary/aromatic N) is 4. The second-order valence-corrected chi connectivity index (χ2v) is 10.8. The number of thiazole rings is 1. The van der Waals surface area contributed by atoms with Gasteiger partial charge in [-0.15, -0.1) is 0 Å². The van der Waals surface area contributed by atoms with Gasteiger partial charge in [0, 0.05) is 62.8 Å². The third-order valence-electron chi connectivity index (χ3n) is 7.15. The van der Waals surface area contributed by atoms with Gasteiger partial charge in [0.1, 0.15) is 5.82 Å². The van der Waals surface area contributed by atoms with Crippen molar-refractivity contribution in [2.75, 3.05) is 68.1 Å². The summed E-state index contributed by atoms with van der Waals surface area (Å²) >= 11 is 1.28. The molecule has 214 valence electrons. The zero-order valence-electron chi connectivity index (χ0n) is 21.8.